The molecule has 3 rings (SSSR count). The van der Waals surface area contributed by atoms with E-state index in [0.717, 1.165) is 19.3 Å². The molecule has 10 heteroatoms. The highest BCUT2D eigenvalue weighted by atomic mass is 35.5. The molecular formula is C21H29Cl2N3O4S. The van der Waals surface area contributed by atoms with Crippen molar-refractivity contribution in [1.82, 2.24) is 14.9 Å². The predicted octanol–water partition coefficient (Wildman–Crippen LogP) is 3.35. The minimum absolute atomic E-state index is 0.0260. The quantitative estimate of drug-likeness (QED) is 0.640. The summed E-state index contributed by atoms with van der Waals surface area (Å²) in [5, 5.41) is 6.29. The molecule has 0 spiro atoms. The Morgan fingerprint density at radius 3 is 2.39 bits per heavy atom. The Balaban J connectivity index is 1.66. The zero-order valence-corrected chi connectivity index (χ0v) is 20.0. The molecule has 0 unspecified atom stereocenters. The third-order valence-electron chi connectivity index (χ3n) is 6.18. The van der Waals surface area contributed by atoms with Gasteiger partial charge in [-0.05, 0) is 50.8 Å². The van der Waals surface area contributed by atoms with Crippen molar-refractivity contribution in [2.75, 3.05) is 19.6 Å². The van der Waals surface area contributed by atoms with Crippen LogP contribution >= 0.6 is 23.2 Å². The smallest absolute Gasteiger partial charge is 0.245 e. The highest BCUT2D eigenvalue weighted by molar-refractivity contribution is 7.89. The molecule has 7 nitrogen and oxygen atoms in total. The van der Waals surface area contributed by atoms with Gasteiger partial charge in [0.05, 0.1) is 5.02 Å². The van der Waals surface area contributed by atoms with Gasteiger partial charge in [-0.3, -0.25) is 9.59 Å². The van der Waals surface area contributed by atoms with Gasteiger partial charge in [0.15, 0.2) is 0 Å². The molecule has 0 bridgehead atoms. The minimum atomic E-state index is -3.80. The normalized spacial score (nSPS) is 20.2. The summed E-state index contributed by atoms with van der Waals surface area (Å²) in [5.41, 5.74) is -0.858. The van der Waals surface area contributed by atoms with Gasteiger partial charge in [0.1, 0.15) is 10.4 Å². The van der Waals surface area contributed by atoms with Gasteiger partial charge in [0, 0.05) is 30.6 Å². The zero-order chi connectivity index (χ0) is 22.6. The van der Waals surface area contributed by atoms with Crippen molar-refractivity contribution in [2.45, 2.75) is 62.3 Å². The number of carbonyl (C=O) groups is 2. The van der Waals surface area contributed by atoms with Crippen molar-refractivity contribution in [3.8, 4) is 0 Å². The lowest BCUT2D eigenvalue weighted by Crippen LogP contribution is -2.61. The molecule has 1 aliphatic heterocycles. The zero-order valence-electron chi connectivity index (χ0n) is 17.6. The van der Waals surface area contributed by atoms with E-state index in [0.29, 0.717) is 37.3 Å². The lowest BCUT2D eigenvalue weighted by atomic mass is 9.80. The number of likely N-dealkylation sites (N-methyl/N-ethyl adjacent to an activating group) is 1. The number of hydrogen-bond donors (Lipinski definition) is 2. The summed E-state index contributed by atoms with van der Waals surface area (Å²) in [7, 11) is -3.80. The average Bonchev–Trinajstić information content (AvgIpc) is 2.76. The van der Waals surface area contributed by atoms with E-state index in [1.807, 2.05) is 6.92 Å². The second kappa shape index (κ2) is 10.1. The van der Waals surface area contributed by atoms with E-state index in [2.05, 4.69) is 10.6 Å². The first-order chi connectivity index (χ1) is 14.7. The maximum atomic E-state index is 13.0. The van der Waals surface area contributed by atoms with E-state index in [4.69, 9.17) is 23.2 Å². The average molecular weight is 490 g/mol. The Morgan fingerprint density at radius 2 is 1.77 bits per heavy atom. The Labute approximate surface area is 193 Å². The molecule has 1 aromatic carbocycles. The van der Waals surface area contributed by atoms with Gasteiger partial charge in [-0.2, -0.15) is 4.31 Å². The molecule has 1 saturated carbocycles. The Hall–Kier alpha value is -1.35. The van der Waals surface area contributed by atoms with Crippen LogP contribution in [0.15, 0.2) is 23.1 Å². The molecule has 1 heterocycles. The molecular weight excluding hydrogens is 461 g/mol. The van der Waals surface area contributed by atoms with E-state index in [1.165, 1.54) is 22.5 Å². The number of halogens is 2. The van der Waals surface area contributed by atoms with E-state index >= 15 is 0 Å². The van der Waals surface area contributed by atoms with Crippen LogP contribution in [0.1, 0.15) is 51.9 Å². The van der Waals surface area contributed by atoms with E-state index in [9.17, 15) is 18.0 Å². The van der Waals surface area contributed by atoms with Crippen LogP contribution in [0.2, 0.25) is 10.0 Å². The molecule has 2 aliphatic rings. The lowest BCUT2D eigenvalue weighted by molar-refractivity contribution is -0.137. The van der Waals surface area contributed by atoms with Crippen LogP contribution in [-0.4, -0.2) is 49.7 Å². The molecule has 1 saturated heterocycles. The van der Waals surface area contributed by atoms with Crippen molar-refractivity contribution in [1.29, 1.82) is 0 Å². The molecule has 172 valence electrons. The first-order valence-corrected chi connectivity index (χ1v) is 12.9. The summed E-state index contributed by atoms with van der Waals surface area (Å²) in [4.78, 5) is 25.7. The van der Waals surface area contributed by atoms with E-state index in [-0.39, 0.29) is 40.7 Å². The van der Waals surface area contributed by atoms with Gasteiger partial charge in [0.25, 0.3) is 0 Å². The van der Waals surface area contributed by atoms with Crippen LogP contribution in [-0.2, 0) is 19.6 Å². The van der Waals surface area contributed by atoms with Crippen LogP contribution in [0.25, 0.3) is 0 Å². The number of nitrogens with zero attached hydrogens (tertiary/aromatic N) is 1. The highest BCUT2D eigenvalue weighted by Gasteiger charge is 2.42. The van der Waals surface area contributed by atoms with E-state index in [1.54, 1.807) is 0 Å². The summed E-state index contributed by atoms with van der Waals surface area (Å²) in [6, 6.07) is 4.34. The van der Waals surface area contributed by atoms with Crippen LogP contribution in [0.3, 0.4) is 0 Å². The third-order valence-corrected chi connectivity index (χ3v) is 8.79. The number of amides is 2. The fraction of sp³-hybridized carbons (Fsp3) is 0.619. The standard InChI is InChI=1S/C21H29Cl2N3O4S/c1-2-24-20(28)21(10-4-3-5-11-21)25-19(27)15-8-12-26(13-9-15)31(29,30)18-14-16(22)6-7-17(18)23/h6-7,14-15H,2-5,8-13H2,1H3,(H,24,28)(H,25,27). The number of benzene rings is 1. The largest absolute Gasteiger partial charge is 0.354 e. The van der Waals surface area contributed by atoms with Gasteiger partial charge in [0.2, 0.25) is 21.8 Å². The SMILES string of the molecule is CCNC(=O)C1(NC(=O)C2CCN(S(=O)(=O)c3cc(Cl)ccc3Cl)CC2)CCCCC1. The molecule has 1 aromatic rings. The van der Waals surface area contributed by atoms with Gasteiger partial charge in [-0.1, -0.05) is 42.5 Å². The molecule has 31 heavy (non-hydrogen) atoms. The lowest BCUT2D eigenvalue weighted by Gasteiger charge is -2.38. The molecule has 1 aliphatic carbocycles. The molecule has 2 amide bonds. The number of nitrogens with one attached hydrogen (secondary N) is 2. The maximum absolute atomic E-state index is 13.0. The number of rotatable bonds is 6. The summed E-state index contributed by atoms with van der Waals surface area (Å²) in [6.07, 6.45) is 4.88. The van der Waals surface area contributed by atoms with Gasteiger partial charge < -0.3 is 10.6 Å². The van der Waals surface area contributed by atoms with E-state index < -0.39 is 15.6 Å². The highest BCUT2D eigenvalue weighted by Crippen LogP contribution is 2.32. The van der Waals surface area contributed by atoms with Crippen LogP contribution in [0.4, 0.5) is 0 Å². The second-order valence-corrected chi connectivity index (χ2v) is 11.0. The van der Waals surface area contributed by atoms with Gasteiger partial charge in [-0.25, -0.2) is 8.42 Å². The first kappa shape index (κ1) is 24.3. The van der Waals surface area contributed by atoms with Crippen molar-refractivity contribution in [3.63, 3.8) is 0 Å². The second-order valence-electron chi connectivity index (χ2n) is 8.24. The molecule has 0 aromatic heterocycles. The monoisotopic (exact) mass is 489 g/mol. The Kier molecular flexibility index (Phi) is 7.89. The summed E-state index contributed by atoms with van der Waals surface area (Å²) in [6.45, 7) is 2.78. The molecule has 0 radical (unpaired) electrons. The van der Waals surface area contributed by atoms with Crippen LogP contribution in [0, 0.1) is 5.92 Å². The number of sulfonamides is 1. The van der Waals surface area contributed by atoms with Crippen LogP contribution < -0.4 is 10.6 Å². The van der Waals surface area contributed by atoms with Gasteiger partial charge in [-0.15, -0.1) is 0 Å². The van der Waals surface area contributed by atoms with Gasteiger partial charge >= 0.3 is 0 Å². The fourth-order valence-corrected chi connectivity index (χ4v) is 6.61. The minimum Gasteiger partial charge on any atom is -0.354 e. The van der Waals surface area contributed by atoms with Crippen molar-refractivity contribution in [2.24, 2.45) is 5.92 Å². The molecule has 2 N–H and O–H groups in total. The number of hydrogen-bond acceptors (Lipinski definition) is 4. The Morgan fingerprint density at radius 1 is 1.13 bits per heavy atom. The van der Waals surface area contributed by atoms with Crippen molar-refractivity contribution >= 4 is 45.0 Å². The summed E-state index contributed by atoms with van der Waals surface area (Å²) >= 11 is 12.0. The third kappa shape index (κ3) is 5.35. The maximum Gasteiger partial charge on any atom is 0.245 e. The topological polar surface area (TPSA) is 95.6 Å². The predicted molar refractivity (Wildman–Crippen MR) is 121 cm³/mol. The molecule has 0 atom stereocenters. The van der Waals surface area contributed by atoms with Crippen molar-refractivity contribution in [3.05, 3.63) is 28.2 Å². The number of piperidine rings is 1. The molecule has 2 fully saturated rings. The first-order valence-electron chi connectivity index (χ1n) is 10.7. The fourth-order valence-electron chi connectivity index (χ4n) is 4.40. The van der Waals surface area contributed by atoms with Crippen LogP contribution in [0.5, 0.6) is 0 Å². The Bertz CT molecular complexity index is 925. The number of carbonyl (C=O) groups excluding carboxylic acids is 2. The van der Waals surface area contributed by atoms with Crippen molar-refractivity contribution < 1.29 is 18.0 Å². The summed E-state index contributed by atoms with van der Waals surface area (Å²) < 4.78 is 27.3. The summed E-state index contributed by atoms with van der Waals surface area (Å²) in [5.74, 6) is -0.640.